The molecule has 2 aromatic rings. The lowest BCUT2D eigenvalue weighted by Gasteiger charge is -2.20. The standard InChI is InChI=1S/C19H20O3.C2H6.CH2O2/c1-12-5-4-6-15-14(12)8-9-16(15)18-17(21-2)10-7-13(11-20)19(18)22-3;1-2;2-1-3/h4-7,10-11,16H,8-9H2,1-3H3;1-2H3;1H,(H,2,3). The van der Waals surface area contributed by atoms with Crippen LogP contribution in [-0.4, -0.2) is 32.1 Å². The Balaban J connectivity index is 0.000000665. The van der Waals surface area contributed by atoms with Crippen molar-refractivity contribution in [2.75, 3.05) is 14.2 Å². The number of methoxy groups -OCH3 is 2. The summed E-state index contributed by atoms with van der Waals surface area (Å²) >= 11 is 0. The van der Waals surface area contributed by atoms with Crippen LogP contribution in [0.5, 0.6) is 11.5 Å². The lowest BCUT2D eigenvalue weighted by Crippen LogP contribution is -2.05. The number of hydrogen-bond acceptors (Lipinski definition) is 4. The molecule has 27 heavy (non-hydrogen) atoms. The summed E-state index contributed by atoms with van der Waals surface area (Å²) in [4.78, 5) is 19.7. The summed E-state index contributed by atoms with van der Waals surface area (Å²) in [6.45, 7) is 5.90. The van der Waals surface area contributed by atoms with Crippen molar-refractivity contribution >= 4 is 12.8 Å². The van der Waals surface area contributed by atoms with Gasteiger partial charge in [0.15, 0.2) is 6.29 Å². The highest BCUT2D eigenvalue weighted by Gasteiger charge is 2.30. The Kier molecular flexibility index (Phi) is 9.06. The Morgan fingerprint density at radius 1 is 1.07 bits per heavy atom. The zero-order valence-electron chi connectivity index (χ0n) is 16.6. The Bertz CT molecular complexity index is 768. The monoisotopic (exact) mass is 372 g/mol. The molecule has 0 spiro atoms. The van der Waals surface area contributed by atoms with Crippen molar-refractivity contribution in [1.29, 1.82) is 0 Å². The molecule has 1 N–H and O–H groups in total. The van der Waals surface area contributed by atoms with E-state index in [4.69, 9.17) is 19.4 Å². The highest BCUT2D eigenvalue weighted by atomic mass is 16.5. The number of carbonyl (C=O) groups is 2. The van der Waals surface area contributed by atoms with Gasteiger partial charge in [0.25, 0.3) is 6.47 Å². The average Bonchev–Trinajstić information content (AvgIpc) is 3.14. The molecule has 5 heteroatoms. The van der Waals surface area contributed by atoms with E-state index in [1.54, 1.807) is 20.3 Å². The predicted molar refractivity (Wildman–Crippen MR) is 106 cm³/mol. The molecule has 0 radical (unpaired) electrons. The second kappa shape index (κ2) is 11.0. The lowest BCUT2D eigenvalue weighted by molar-refractivity contribution is -0.122. The average molecular weight is 372 g/mol. The fourth-order valence-electron chi connectivity index (χ4n) is 3.56. The quantitative estimate of drug-likeness (QED) is 0.792. The summed E-state index contributed by atoms with van der Waals surface area (Å²) in [7, 11) is 3.27. The lowest BCUT2D eigenvalue weighted by atomic mass is 9.89. The zero-order chi connectivity index (χ0) is 20.4. The number of aryl methyl sites for hydroxylation is 1. The van der Waals surface area contributed by atoms with E-state index < -0.39 is 0 Å². The minimum absolute atomic E-state index is 0.208. The van der Waals surface area contributed by atoms with Crippen LogP contribution in [0.2, 0.25) is 0 Å². The largest absolute Gasteiger partial charge is 0.496 e. The van der Waals surface area contributed by atoms with E-state index >= 15 is 0 Å². The zero-order valence-corrected chi connectivity index (χ0v) is 16.6. The maximum absolute atomic E-state index is 11.3. The third-order valence-electron chi connectivity index (χ3n) is 4.59. The maximum Gasteiger partial charge on any atom is 0.290 e. The van der Waals surface area contributed by atoms with Crippen molar-refractivity contribution in [1.82, 2.24) is 0 Å². The molecule has 1 aliphatic carbocycles. The molecule has 5 nitrogen and oxygen atoms in total. The normalized spacial score (nSPS) is 13.9. The van der Waals surface area contributed by atoms with Crippen molar-refractivity contribution in [3.8, 4) is 11.5 Å². The van der Waals surface area contributed by atoms with E-state index in [-0.39, 0.29) is 12.4 Å². The first-order chi connectivity index (χ1) is 13.1. The number of benzene rings is 2. The van der Waals surface area contributed by atoms with Crippen LogP contribution in [0.25, 0.3) is 0 Å². The van der Waals surface area contributed by atoms with Gasteiger partial charge in [-0.1, -0.05) is 32.0 Å². The van der Waals surface area contributed by atoms with E-state index in [1.807, 2.05) is 19.9 Å². The molecule has 1 unspecified atom stereocenters. The fourth-order valence-corrected chi connectivity index (χ4v) is 3.56. The summed E-state index contributed by atoms with van der Waals surface area (Å²) in [6.07, 6.45) is 2.90. The summed E-state index contributed by atoms with van der Waals surface area (Å²) in [5.41, 5.74) is 5.61. The van der Waals surface area contributed by atoms with Gasteiger partial charge in [0, 0.05) is 11.5 Å². The molecule has 0 bridgehead atoms. The van der Waals surface area contributed by atoms with Crippen LogP contribution >= 0.6 is 0 Å². The molecule has 0 aliphatic heterocycles. The van der Waals surface area contributed by atoms with Crippen molar-refractivity contribution in [2.24, 2.45) is 0 Å². The van der Waals surface area contributed by atoms with Crippen molar-refractivity contribution in [3.63, 3.8) is 0 Å². The summed E-state index contributed by atoms with van der Waals surface area (Å²) in [6, 6.07) is 10.0. The van der Waals surface area contributed by atoms with Gasteiger partial charge >= 0.3 is 0 Å². The SMILES string of the molecule is CC.COc1ccc(C=O)c(OC)c1C1CCc2c(C)cccc21.O=CO. The number of carbonyl (C=O) groups excluding carboxylic acids is 1. The van der Waals surface area contributed by atoms with Gasteiger partial charge in [-0.15, -0.1) is 0 Å². The van der Waals surface area contributed by atoms with Crippen LogP contribution < -0.4 is 9.47 Å². The van der Waals surface area contributed by atoms with E-state index in [0.717, 1.165) is 30.4 Å². The third kappa shape index (κ3) is 4.67. The van der Waals surface area contributed by atoms with E-state index in [1.165, 1.54) is 16.7 Å². The summed E-state index contributed by atoms with van der Waals surface area (Å²) in [5, 5.41) is 6.89. The van der Waals surface area contributed by atoms with Crippen molar-refractivity contribution in [3.05, 3.63) is 58.1 Å². The maximum atomic E-state index is 11.3. The van der Waals surface area contributed by atoms with Crippen LogP contribution in [0.15, 0.2) is 30.3 Å². The Labute approximate surface area is 160 Å². The minimum Gasteiger partial charge on any atom is -0.496 e. The van der Waals surface area contributed by atoms with Gasteiger partial charge in [-0.05, 0) is 48.6 Å². The Morgan fingerprint density at radius 2 is 1.74 bits per heavy atom. The van der Waals surface area contributed by atoms with Gasteiger partial charge in [0.1, 0.15) is 11.5 Å². The van der Waals surface area contributed by atoms with Crippen molar-refractivity contribution < 1.29 is 24.2 Å². The molecule has 3 rings (SSSR count). The topological polar surface area (TPSA) is 72.8 Å². The molecule has 0 saturated carbocycles. The second-order valence-electron chi connectivity index (χ2n) is 5.76. The van der Waals surface area contributed by atoms with Gasteiger partial charge in [-0.2, -0.15) is 0 Å². The molecule has 1 aliphatic rings. The second-order valence-corrected chi connectivity index (χ2v) is 5.76. The number of hydrogen-bond donors (Lipinski definition) is 1. The molecular weight excluding hydrogens is 344 g/mol. The van der Waals surface area contributed by atoms with Gasteiger partial charge < -0.3 is 14.6 Å². The summed E-state index contributed by atoms with van der Waals surface area (Å²) < 4.78 is 11.1. The van der Waals surface area contributed by atoms with Crippen LogP contribution in [0.1, 0.15) is 58.8 Å². The first-order valence-corrected chi connectivity index (χ1v) is 8.99. The number of carboxylic acid groups (broad SMARTS) is 1. The number of rotatable bonds is 4. The third-order valence-corrected chi connectivity index (χ3v) is 4.59. The van der Waals surface area contributed by atoms with Crippen molar-refractivity contribution in [2.45, 2.75) is 39.5 Å². The Morgan fingerprint density at radius 3 is 2.30 bits per heavy atom. The predicted octanol–water partition coefficient (Wildman–Crippen LogP) is 4.63. The van der Waals surface area contributed by atoms with Crippen LogP contribution in [0.3, 0.4) is 0 Å². The van der Waals surface area contributed by atoms with Crippen LogP contribution in [-0.2, 0) is 11.2 Å². The van der Waals surface area contributed by atoms with Gasteiger partial charge in [-0.25, -0.2) is 0 Å². The highest BCUT2D eigenvalue weighted by molar-refractivity contribution is 5.82. The van der Waals surface area contributed by atoms with Crippen LogP contribution in [0, 0.1) is 6.92 Å². The Hall–Kier alpha value is -2.82. The number of aldehydes is 1. The van der Waals surface area contributed by atoms with E-state index in [2.05, 4.69) is 25.1 Å². The molecule has 0 aromatic heterocycles. The van der Waals surface area contributed by atoms with Gasteiger partial charge in [0.05, 0.1) is 19.8 Å². The number of ether oxygens (including phenoxy) is 2. The van der Waals surface area contributed by atoms with Gasteiger partial charge in [-0.3, -0.25) is 9.59 Å². The van der Waals surface area contributed by atoms with Gasteiger partial charge in [0.2, 0.25) is 0 Å². The molecule has 146 valence electrons. The smallest absolute Gasteiger partial charge is 0.290 e. The molecule has 0 fully saturated rings. The molecule has 0 heterocycles. The van der Waals surface area contributed by atoms with Crippen LogP contribution in [0.4, 0.5) is 0 Å². The first kappa shape index (κ1) is 22.2. The fraction of sp³-hybridized carbons (Fsp3) is 0.364. The highest BCUT2D eigenvalue weighted by Crippen LogP contribution is 2.47. The molecule has 1 atom stereocenters. The molecule has 2 aromatic carbocycles. The van der Waals surface area contributed by atoms with E-state index in [0.29, 0.717) is 11.3 Å². The minimum atomic E-state index is -0.250. The summed E-state index contributed by atoms with van der Waals surface area (Å²) in [5.74, 6) is 1.62. The van der Waals surface area contributed by atoms with E-state index in [9.17, 15) is 4.79 Å². The molecular formula is C22H28O5. The number of fused-ring (bicyclic) bond motifs is 1. The molecule has 0 amide bonds. The first-order valence-electron chi connectivity index (χ1n) is 8.99. The molecule has 0 saturated heterocycles.